The summed E-state index contributed by atoms with van der Waals surface area (Å²) in [5.74, 6) is 1.66. The smallest absolute Gasteiger partial charge is 0.123 e. The Morgan fingerprint density at radius 3 is 2.06 bits per heavy atom. The van der Waals surface area contributed by atoms with Gasteiger partial charge in [-0.25, -0.2) is 4.39 Å². The third-order valence-electron chi connectivity index (χ3n) is 4.07. The van der Waals surface area contributed by atoms with Crippen molar-refractivity contribution in [2.75, 3.05) is 0 Å². The molecule has 0 saturated heterocycles. The van der Waals surface area contributed by atoms with Gasteiger partial charge < -0.3 is 5.32 Å². The summed E-state index contributed by atoms with van der Waals surface area (Å²) < 4.78 is 12.9. The lowest BCUT2D eigenvalue weighted by atomic mass is 10.0. The zero-order valence-corrected chi connectivity index (χ0v) is 10.3. The lowest BCUT2D eigenvalue weighted by molar-refractivity contribution is 0.377. The van der Waals surface area contributed by atoms with Gasteiger partial charge in [-0.1, -0.05) is 12.1 Å². The number of halogens is 1. The van der Waals surface area contributed by atoms with Gasteiger partial charge in [0.05, 0.1) is 0 Å². The van der Waals surface area contributed by atoms with Crippen LogP contribution in [0.4, 0.5) is 4.39 Å². The highest BCUT2D eigenvalue weighted by molar-refractivity contribution is 5.19. The largest absolute Gasteiger partial charge is 0.307 e. The quantitative estimate of drug-likeness (QED) is 0.818. The molecule has 1 aromatic carbocycles. The highest BCUT2D eigenvalue weighted by Crippen LogP contribution is 2.45. The molecule has 2 aliphatic carbocycles. The van der Waals surface area contributed by atoms with Crippen molar-refractivity contribution in [1.82, 2.24) is 5.32 Å². The van der Waals surface area contributed by atoms with Crippen molar-refractivity contribution < 1.29 is 4.39 Å². The summed E-state index contributed by atoms with van der Waals surface area (Å²) in [6.07, 6.45) is 5.57. The molecule has 0 heterocycles. The first-order valence-corrected chi connectivity index (χ1v) is 6.75. The molecule has 1 aromatic rings. The summed E-state index contributed by atoms with van der Waals surface area (Å²) in [4.78, 5) is 0. The van der Waals surface area contributed by atoms with Crippen LogP contribution in [0.5, 0.6) is 0 Å². The van der Waals surface area contributed by atoms with Crippen molar-refractivity contribution in [3.05, 3.63) is 35.6 Å². The minimum Gasteiger partial charge on any atom is -0.307 e. The molecule has 0 spiro atoms. The van der Waals surface area contributed by atoms with E-state index in [9.17, 15) is 4.39 Å². The maximum absolute atomic E-state index is 12.9. The first-order valence-electron chi connectivity index (χ1n) is 6.75. The Morgan fingerprint density at radius 1 is 1.06 bits per heavy atom. The molecule has 2 fully saturated rings. The molecule has 1 N–H and O–H groups in total. The zero-order valence-electron chi connectivity index (χ0n) is 10.3. The van der Waals surface area contributed by atoms with Crippen molar-refractivity contribution in [2.45, 2.75) is 44.7 Å². The van der Waals surface area contributed by atoms with Gasteiger partial charge >= 0.3 is 0 Å². The van der Waals surface area contributed by atoms with Gasteiger partial charge in [-0.2, -0.15) is 0 Å². The second kappa shape index (κ2) is 4.41. The normalized spacial score (nSPS) is 21.8. The van der Waals surface area contributed by atoms with Crippen LogP contribution in [0.3, 0.4) is 0 Å². The highest BCUT2D eigenvalue weighted by Gasteiger charge is 2.41. The predicted molar refractivity (Wildman–Crippen MR) is 67.2 cm³/mol. The molecule has 1 atom stereocenters. The lowest BCUT2D eigenvalue weighted by Crippen LogP contribution is -2.35. The molecule has 0 aliphatic heterocycles. The van der Waals surface area contributed by atoms with Gasteiger partial charge in [-0.05, 0) is 62.1 Å². The SMILES string of the molecule is CC(NC(C1CC1)C1CC1)c1ccc(F)cc1. The van der Waals surface area contributed by atoms with Crippen molar-refractivity contribution in [3.63, 3.8) is 0 Å². The maximum Gasteiger partial charge on any atom is 0.123 e. The van der Waals surface area contributed by atoms with Crippen LogP contribution in [0, 0.1) is 17.7 Å². The number of rotatable bonds is 5. The summed E-state index contributed by atoms with van der Waals surface area (Å²) in [6.45, 7) is 2.19. The summed E-state index contributed by atoms with van der Waals surface area (Å²) in [5, 5.41) is 3.75. The summed E-state index contributed by atoms with van der Waals surface area (Å²) >= 11 is 0. The fourth-order valence-corrected chi connectivity index (χ4v) is 2.70. The second-order valence-electron chi connectivity index (χ2n) is 5.64. The van der Waals surface area contributed by atoms with E-state index in [1.54, 1.807) is 12.1 Å². The fraction of sp³-hybridized carbons (Fsp3) is 0.600. The maximum atomic E-state index is 12.9. The monoisotopic (exact) mass is 233 g/mol. The summed E-state index contributed by atoms with van der Waals surface area (Å²) in [7, 11) is 0. The molecule has 92 valence electrons. The number of hydrogen-bond donors (Lipinski definition) is 1. The van der Waals surface area contributed by atoms with Gasteiger partial charge in [0.2, 0.25) is 0 Å². The van der Waals surface area contributed by atoms with E-state index in [0.29, 0.717) is 12.1 Å². The Balaban J connectivity index is 1.64. The van der Waals surface area contributed by atoms with E-state index in [-0.39, 0.29) is 5.82 Å². The van der Waals surface area contributed by atoms with Gasteiger partial charge in [0, 0.05) is 12.1 Å². The number of hydrogen-bond acceptors (Lipinski definition) is 1. The van der Waals surface area contributed by atoms with Crippen LogP contribution in [0.2, 0.25) is 0 Å². The number of benzene rings is 1. The molecule has 1 unspecified atom stereocenters. The summed E-state index contributed by atoms with van der Waals surface area (Å²) in [5.41, 5.74) is 1.19. The van der Waals surface area contributed by atoms with E-state index in [2.05, 4.69) is 12.2 Å². The molecule has 2 aliphatic rings. The molecule has 0 radical (unpaired) electrons. The van der Waals surface area contributed by atoms with E-state index in [1.807, 2.05) is 12.1 Å². The van der Waals surface area contributed by atoms with Crippen LogP contribution < -0.4 is 5.32 Å². The first kappa shape index (κ1) is 11.2. The fourth-order valence-electron chi connectivity index (χ4n) is 2.70. The van der Waals surface area contributed by atoms with Gasteiger partial charge in [0.1, 0.15) is 5.82 Å². The van der Waals surface area contributed by atoms with E-state index >= 15 is 0 Å². The van der Waals surface area contributed by atoms with Gasteiger partial charge in [0.15, 0.2) is 0 Å². The molecular formula is C15H20FN. The minimum atomic E-state index is -0.151. The van der Waals surface area contributed by atoms with Crippen molar-refractivity contribution >= 4 is 0 Å². The first-order chi connectivity index (χ1) is 8.24. The van der Waals surface area contributed by atoms with Crippen LogP contribution in [0.1, 0.15) is 44.2 Å². The van der Waals surface area contributed by atoms with Gasteiger partial charge in [0.25, 0.3) is 0 Å². The van der Waals surface area contributed by atoms with Gasteiger partial charge in [-0.15, -0.1) is 0 Å². The summed E-state index contributed by atoms with van der Waals surface area (Å²) in [6, 6.07) is 7.93. The molecule has 2 saturated carbocycles. The van der Waals surface area contributed by atoms with Crippen molar-refractivity contribution in [2.24, 2.45) is 11.8 Å². The van der Waals surface area contributed by atoms with Crippen LogP contribution in [0.15, 0.2) is 24.3 Å². The Labute approximate surface area is 102 Å². The van der Waals surface area contributed by atoms with Gasteiger partial charge in [-0.3, -0.25) is 0 Å². The Morgan fingerprint density at radius 2 is 1.59 bits per heavy atom. The number of nitrogens with one attached hydrogen (secondary N) is 1. The topological polar surface area (TPSA) is 12.0 Å². The van der Waals surface area contributed by atoms with E-state index in [1.165, 1.54) is 31.2 Å². The third kappa shape index (κ3) is 2.68. The molecular weight excluding hydrogens is 213 g/mol. The molecule has 0 bridgehead atoms. The van der Waals surface area contributed by atoms with Crippen LogP contribution in [-0.4, -0.2) is 6.04 Å². The molecule has 0 amide bonds. The molecule has 17 heavy (non-hydrogen) atoms. The van der Waals surface area contributed by atoms with E-state index in [4.69, 9.17) is 0 Å². The Bertz CT molecular complexity index is 366. The van der Waals surface area contributed by atoms with Crippen molar-refractivity contribution in [3.8, 4) is 0 Å². The van der Waals surface area contributed by atoms with E-state index in [0.717, 1.165) is 11.8 Å². The predicted octanol–water partition coefficient (Wildman–Crippen LogP) is 3.66. The van der Waals surface area contributed by atoms with Crippen LogP contribution >= 0.6 is 0 Å². The van der Waals surface area contributed by atoms with Crippen LogP contribution in [-0.2, 0) is 0 Å². The average molecular weight is 233 g/mol. The molecule has 0 aromatic heterocycles. The standard InChI is InChI=1S/C15H20FN/c1-10(11-6-8-14(16)9-7-11)17-15(12-2-3-12)13-4-5-13/h6-10,12-13,15,17H,2-5H2,1H3. The highest BCUT2D eigenvalue weighted by atomic mass is 19.1. The molecule has 1 nitrogen and oxygen atoms in total. The lowest BCUT2D eigenvalue weighted by Gasteiger charge is -2.23. The van der Waals surface area contributed by atoms with Crippen molar-refractivity contribution in [1.29, 1.82) is 0 Å². The minimum absolute atomic E-state index is 0.151. The Hall–Kier alpha value is -0.890. The second-order valence-corrected chi connectivity index (χ2v) is 5.64. The van der Waals surface area contributed by atoms with Crippen LogP contribution in [0.25, 0.3) is 0 Å². The zero-order chi connectivity index (χ0) is 11.8. The van der Waals surface area contributed by atoms with E-state index < -0.39 is 0 Å². The average Bonchev–Trinajstić information content (AvgIpc) is 3.17. The Kier molecular flexibility index (Phi) is 2.91. The molecule has 3 rings (SSSR count). The molecule has 2 heteroatoms. The third-order valence-corrected chi connectivity index (χ3v) is 4.07.